The molecule has 2 aliphatic carbocycles. The van der Waals surface area contributed by atoms with Crippen molar-refractivity contribution in [3.8, 4) is 0 Å². The van der Waals surface area contributed by atoms with E-state index in [1.54, 1.807) is 11.5 Å². The molecular weight excluding hydrogens is 307 g/mol. The van der Waals surface area contributed by atoms with Crippen molar-refractivity contribution in [1.82, 2.24) is 0 Å². The van der Waals surface area contributed by atoms with Crippen molar-refractivity contribution in [2.75, 3.05) is 0 Å². The van der Waals surface area contributed by atoms with Crippen LogP contribution in [-0.2, 0) is 26.2 Å². The summed E-state index contributed by atoms with van der Waals surface area (Å²) in [5.41, 5.74) is 2.97. The first kappa shape index (κ1) is 20.9. The van der Waals surface area contributed by atoms with Gasteiger partial charge in [0, 0.05) is 0 Å². The summed E-state index contributed by atoms with van der Waals surface area (Å²) in [6.07, 6.45) is 10.8. The summed E-state index contributed by atoms with van der Waals surface area (Å²) in [6, 6.07) is 8.24. The minimum Gasteiger partial charge on any atom is -0.358 e. The molecule has 1 saturated carbocycles. The molecule has 1 unspecified atom stereocenters. The van der Waals surface area contributed by atoms with Gasteiger partial charge in [-0.25, -0.2) is 29.7 Å². The Balaban J connectivity index is 0. The number of allylic oxidation sites excluding steroid dienone is 4. The summed E-state index contributed by atoms with van der Waals surface area (Å²) in [6.45, 7) is 4.35. The van der Waals surface area contributed by atoms with Crippen LogP contribution in [0.15, 0.2) is 48.1 Å². The van der Waals surface area contributed by atoms with Gasteiger partial charge < -0.3 is 14.9 Å². The number of rotatable bonds is 0. The molecule has 0 heterocycles. The number of hydrogen-bond acceptors (Lipinski definition) is 0. The van der Waals surface area contributed by atoms with E-state index in [-0.39, 0.29) is 41.1 Å². The van der Waals surface area contributed by atoms with E-state index >= 15 is 0 Å². The van der Waals surface area contributed by atoms with E-state index in [0.29, 0.717) is 0 Å². The Hall–Kier alpha value is -0.417. The van der Waals surface area contributed by atoms with Crippen LogP contribution in [0.1, 0.15) is 31.7 Å². The third kappa shape index (κ3) is 6.04. The Morgan fingerprint density at radius 2 is 1.74 bits per heavy atom. The fourth-order valence-electron chi connectivity index (χ4n) is 2.45. The first-order chi connectivity index (χ1) is 7.77. The molecule has 0 amide bonds. The minimum absolute atomic E-state index is 0. The fraction of sp³-hybridized carbons (Fsp3) is 0.333. The van der Waals surface area contributed by atoms with E-state index in [1.165, 1.54) is 24.8 Å². The quantitative estimate of drug-likeness (QED) is 0.551. The van der Waals surface area contributed by atoms with Crippen LogP contribution in [0.3, 0.4) is 0 Å². The zero-order chi connectivity index (χ0) is 11.4. The fourth-order valence-corrected chi connectivity index (χ4v) is 2.45. The van der Waals surface area contributed by atoms with Gasteiger partial charge in [0.05, 0.1) is 0 Å². The summed E-state index contributed by atoms with van der Waals surface area (Å²) in [5, 5.41) is 0. The van der Waals surface area contributed by atoms with Crippen LogP contribution >= 0.6 is 0 Å². The van der Waals surface area contributed by atoms with Crippen molar-refractivity contribution < 1.29 is 26.2 Å². The summed E-state index contributed by atoms with van der Waals surface area (Å²) < 4.78 is 0. The molecular formula is C18H26Zr. The van der Waals surface area contributed by atoms with Crippen LogP contribution in [0.5, 0.6) is 0 Å². The molecule has 0 aliphatic heterocycles. The molecule has 1 heteroatoms. The Kier molecular flexibility index (Phi) is 11.4. The molecule has 0 N–H and O–H groups in total. The standard InChI is InChI=1S/C10H13.C6H7.2CH3.Zr/c1-8-6-7-9-4-2-3-5-10(8)9;1-6-4-2-3-5-6;;;/h2-3,5,9H,4,6-7H2,1H3;2-5H,1H3;2*1H3;/q4*-1;+4. The SMILES string of the molecule is C[C-]1CCC2CC=CC=C12.C[c-]1cccc1.[CH3-].[CH3-].[Zr+4]. The van der Waals surface area contributed by atoms with Gasteiger partial charge in [-0.15, -0.1) is 19.1 Å². The minimum atomic E-state index is 0. The molecule has 1 atom stereocenters. The Morgan fingerprint density at radius 3 is 2.21 bits per heavy atom. The van der Waals surface area contributed by atoms with E-state index in [4.69, 9.17) is 0 Å². The molecule has 0 saturated heterocycles. The summed E-state index contributed by atoms with van der Waals surface area (Å²) in [4.78, 5) is 0. The van der Waals surface area contributed by atoms with Crippen molar-refractivity contribution in [3.63, 3.8) is 0 Å². The molecule has 1 aromatic rings. The maximum atomic E-state index is 2.29. The van der Waals surface area contributed by atoms with E-state index in [1.807, 2.05) is 12.1 Å². The largest absolute Gasteiger partial charge is 4.00 e. The van der Waals surface area contributed by atoms with Gasteiger partial charge in [-0.3, -0.25) is 0 Å². The average molecular weight is 334 g/mol. The van der Waals surface area contributed by atoms with Gasteiger partial charge in [0.15, 0.2) is 0 Å². The second-order valence-corrected chi connectivity index (χ2v) is 4.76. The monoisotopic (exact) mass is 332 g/mol. The van der Waals surface area contributed by atoms with Crippen LogP contribution in [0.4, 0.5) is 0 Å². The first-order valence-electron chi connectivity index (χ1n) is 6.15. The Bertz CT molecular complexity index is 370. The molecule has 3 rings (SSSR count). The van der Waals surface area contributed by atoms with Crippen LogP contribution in [0, 0.1) is 33.6 Å². The summed E-state index contributed by atoms with van der Waals surface area (Å²) in [7, 11) is 0. The third-order valence-corrected chi connectivity index (χ3v) is 3.46. The molecule has 0 radical (unpaired) electrons. The van der Waals surface area contributed by atoms with E-state index < -0.39 is 0 Å². The van der Waals surface area contributed by atoms with Crippen LogP contribution < -0.4 is 0 Å². The van der Waals surface area contributed by atoms with Crippen molar-refractivity contribution in [3.05, 3.63) is 74.4 Å². The Morgan fingerprint density at radius 1 is 1.11 bits per heavy atom. The maximum Gasteiger partial charge on any atom is 4.00 e. The molecule has 0 aromatic heterocycles. The van der Waals surface area contributed by atoms with Crippen molar-refractivity contribution in [2.45, 2.75) is 33.1 Å². The second kappa shape index (κ2) is 10.4. The molecule has 0 bridgehead atoms. The summed E-state index contributed by atoms with van der Waals surface area (Å²) >= 11 is 0. The number of fused-ring (bicyclic) bond motifs is 1. The van der Waals surface area contributed by atoms with Crippen LogP contribution in [-0.4, -0.2) is 0 Å². The van der Waals surface area contributed by atoms with Crippen molar-refractivity contribution >= 4 is 0 Å². The summed E-state index contributed by atoms with van der Waals surface area (Å²) in [5.74, 6) is 2.50. The molecule has 0 nitrogen and oxygen atoms in total. The van der Waals surface area contributed by atoms with E-state index in [9.17, 15) is 0 Å². The van der Waals surface area contributed by atoms with Gasteiger partial charge in [0.25, 0.3) is 0 Å². The van der Waals surface area contributed by atoms with E-state index in [0.717, 1.165) is 5.92 Å². The molecule has 1 fully saturated rings. The van der Waals surface area contributed by atoms with Gasteiger partial charge in [-0.1, -0.05) is 19.8 Å². The predicted molar refractivity (Wildman–Crippen MR) is 83.1 cm³/mol. The first-order valence-corrected chi connectivity index (χ1v) is 6.15. The van der Waals surface area contributed by atoms with Gasteiger partial charge >= 0.3 is 26.2 Å². The van der Waals surface area contributed by atoms with Crippen molar-refractivity contribution in [2.24, 2.45) is 5.92 Å². The molecule has 0 spiro atoms. The van der Waals surface area contributed by atoms with Crippen LogP contribution in [0.2, 0.25) is 0 Å². The normalized spacial score (nSPS) is 18.7. The van der Waals surface area contributed by atoms with Crippen LogP contribution in [0.25, 0.3) is 0 Å². The molecule has 102 valence electrons. The maximum absolute atomic E-state index is 2.29. The second-order valence-electron chi connectivity index (χ2n) is 4.76. The topological polar surface area (TPSA) is 0 Å². The molecule has 1 aromatic carbocycles. The molecule has 2 aliphatic rings. The van der Waals surface area contributed by atoms with Gasteiger partial charge in [-0.05, 0) is 12.3 Å². The van der Waals surface area contributed by atoms with Crippen molar-refractivity contribution in [1.29, 1.82) is 0 Å². The zero-order valence-corrected chi connectivity index (χ0v) is 15.2. The van der Waals surface area contributed by atoms with Gasteiger partial charge in [-0.2, -0.15) is 17.7 Å². The Labute approximate surface area is 139 Å². The molecule has 19 heavy (non-hydrogen) atoms. The predicted octanol–water partition coefficient (Wildman–Crippen LogP) is 5.49. The van der Waals surface area contributed by atoms with Gasteiger partial charge in [0.2, 0.25) is 0 Å². The number of aryl methyl sites for hydroxylation is 1. The smallest absolute Gasteiger partial charge is 0.358 e. The zero-order valence-electron chi connectivity index (χ0n) is 12.7. The average Bonchev–Trinajstić information content (AvgIpc) is 2.91. The third-order valence-electron chi connectivity index (χ3n) is 3.46. The van der Waals surface area contributed by atoms with E-state index in [2.05, 4.69) is 44.2 Å². The number of hydrogen-bond donors (Lipinski definition) is 0. The van der Waals surface area contributed by atoms with Gasteiger partial charge in [0.1, 0.15) is 0 Å².